The molecule has 1 amide bonds. The second-order valence-corrected chi connectivity index (χ2v) is 9.30. The largest absolute Gasteiger partial charge is 0.493 e. The lowest BCUT2D eigenvalue weighted by Crippen LogP contribution is -2.53. The minimum atomic E-state index is -0.423. The van der Waals surface area contributed by atoms with E-state index in [-0.39, 0.29) is 6.09 Å². The van der Waals surface area contributed by atoms with E-state index in [0.29, 0.717) is 12.0 Å². The first-order valence-corrected chi connectivity index (χ1v) is 10.7. The van der Waals surface area contributed by atoms with Crippen molar-refractivity contribution in [2.75, 3.05) is 32.8 Å². The van der Waals surface area contributed by atoms with E-state index >= 15 is 0 Å². The van der Waals surface area contributed by atoms with Crippen molar-refractivity contribution in [3.05, 3.63) is 29.8 Å². The third kappa shape index (κ3) is 6.13. The first kappa shape index (κ1) is 21.0. The number of nitrogens with zero attached hydrogens (tertiary/aromatic N) is 2. The molecule has 1 aromatic rings. The van der Waals surface area contributed by atoms with Crippen LogP contribution in [0.1, 0.15) is 52.0 Å². The van der Waals surface area contributed by atoms with Gasteiger partial charge in [-0.05, 0) is 71.4 Å². The molecule has 3 rings (SSSR count). The molecule has 1 heterocycles. The van der Waals surface area contributed by atoms with Crippen molar-refractivity contribution in [2.24, 2.45) is 5.92 Å². The normalized spacial score (nSPS) is 24.1. The summed E-state index contributed by atoms with van der Waals surface area (Å²) in [6, 6.07) is 8.97. The summed E-state index contributed by atoms with van der Waals surface area (Å²) in [6.07, 6.45) is 4.73. The number of rotatable bonds is 4. The zero-order valence-electron chi connectivity index (χ0n) is 17.9. The molecule has 2 aliphatic rings. The summed E-state index contributed by atoms with van der Waals surface area (Å²) in [7, 11) is 0. The Morgan fingerprint density at radius 1 is 1.00 bits per heavy atom. The average Bonchev–Trinajstić information content (AvgIpc) is 2.67. The molecule has 5 nitrogen and oxygen atoms in total. The fourth-order valence-electron chi connectivity index (χ4n) is 4.12. The molecule has 2 fully saturated rings. The van der Waals surface area contributed by atoms with Crippen LogP contribution in [-0.4, -0.2) is 60.3 Å². The van der Waals surface area contributed by atoms with Crippen LogP contribution in [0, 0.1) is 12.8 Å². The third-order valence-corrected chi connectivity index (χ3v) is 5.81. The molecular formula is C23H36N2O3. The van der Waals surface area contributed by atoms with Crippen LogP contribution < -0.4 is 4.74 Å². The lowest BCUT2D eigenvalue weighted by molar-refractivity contribution is 0.00654. The van der Waals surface area contributed by atoms with Crippen molar-refractivity contribution < 1.29 is 14.3 Å². The number of amides is 1. The van der Waals surface area contributed by atoms with E-state index < -0.39 is 5.60 Å². The van der Waals surface area contributed by atoms with Crippen LogP contribution in [0.5, 0.6) is 5.75 Å². The van der Waals surface area contributed by atoms with Gasteiger partial charge in [0.15, 0.2) is 0 Å². The SMILES string of the molecule is Cc1ccc(OC[C@H]2CC[C@H](N3CCN(C(=O)OC(C)(C)C)CC3)CC2)cc1. The number of carbonyl (C=O) groups is 1. The van der Waals surface area contributed by atoms with Gasteiger partial charge in [-0.25, -0.2) is 4.79 Å². The molecule has 1 saturated heterocycles. The molecule has 1 saturated carbocycles. The molecule has 0 radical (unpaired) electrons. The number of hydrogen-bond acceptors (Lipinski definition) is 4. The lowest BCUT2D eigenvalue weighted by Gasteiger charge is -2.42. The highest BCUT2D eigenvalue weighted by Crippen LogP contribution is 2.29. The van der Waals surface area contributed by atoms with Crippen molar-refractivity contribution in [3.8, 4) is 5.75 Å². The highest BCUT2D eigenvalue weighted by molar-refractivity contribution is 5.68. The summed E-state index contributed by atoms with van der Waals surface area (Å²) in [5.74, 6) is 1.63. The van der Waals surface area contributed by atoms with Gasteiger partial charge >= 0.3 is 6.09 Å². The maximum absolute atomic E-state index is 12.2. The highest BCUT2D eigenvalue weighted by atomic mass is 16.6. The van der Waals surface area contributed by atoms with Gasteiger partial charge in [0.05, 0.1) is 6.61 Å². The van der Waals surface area contributed by atoms with Crippen molar-refractivity contribution in [3.63, 3.8) is 0 Å². The van der Waals surface area contributed by atoms with E-state index in [1.807, 2.05) is 25.7 Å². The predicted molar refractivity (Wildman–Crippen MR) is 112 cm³/mol. The topological polar surface area (TPSA) is 42.0 Å². The molecule has 156 valence electrons. The molecule has 28 heavy (non-hydrogen) atoms. The third-order valence-electron chi connectivity index (χ3n) is 5.81. The minimum absolute atomic E-state index is 0.177. The molecule has 0 bridgehead atoms. The van der Waals surface area contributed by atoms with Crippen molar-refractivity contribution >= 4 is 6.09 Å². The Hall–Kier alpha value is -1.75. The Morgan fingerprint density at radius 3 is 2.18 bits per heavy atom. The maximum Gasteiger partial charge on any atom is 0.410 e. The van der Waals surface area contributed by atoms with E-state index in [9.17, 15) is 4.79 Å². The summed E-state index contributed by atoms with van der Waals surface area (Å²) in [4.78, 5) is 16.6. The molecule has 5 heteroatoms. The number of ether oxygens (including phenoxy) is 2. The summed E-state index contributed by atoms with van der Waals surface area (Å²) in [5.41, 5.74) is 0.840. The quantitative estimate of drug-likeness (QED) is 0.762. The van der Waals surface area contributed by atoms with E-state index in [0.717, 1.165) is 38.5 Å². The summed E-state index contributed by atoms with van der Waals surface area (Å²) < 4.78 is 11.5. The molecule has 0 N–H and O–H groups in total. The van der Waals surface area contributed by atoms with Crippen LogP contribution >= 0.6 is 0 Å². The predicted octanol–water partition coefficient (Wildman–Crippen LogP) is 4.49. The van der Waals surface area contributed by atoms with Gasteiger partial charge in [0.2, 0.25) is 0 Å². The summed E-state index contributed by atoms with van der Waals surface area (Å²) >= 11 is 0. The van der Waals surface area contributed by atoms with Gasteiger partial charge in [-0.3, -0.25) is 4.90 Å². The minimum Gasteiger partial charge on any atom is -0.493 e. The van der Waals surface area contributed by atoms with Gasteiger partial charge < -0.3 is 14.4 Å². The van der Waals surface area contributed by atoms with Gasteiger partial charge in [-0.15, -0.1) is 0 Å². The Balaban J connectivity index is 1.36. The van der Waals surface area contributed by atoms with E-state index in [1.54, 1.807) is 0 Å². The van der Waals surface area contributed by atoms with Crippen LogP contribution in [0.3, 0.4) is 0 Å². The monoisotopic (exact) mass is 388 g/mol. The molecule has 1 aliphatic heterocycles. The van der Waals surface area contributed by atoms with Crippen molar-refractivity contribution in [1.29, 1.82) is 0 Å². The van der Waals surface area contributed by atoms with E-state index in [1.165, 1.54) is 31.2 Å². The van der Waals surface area contributed by atoms with Gasteiger partial charge in [0.1, 0.15) is 11.4 Å². The number of hydrogen-bond donors (Lipinski definition) is 0. The van der Waals surface area contributed by atoms with Crippen molar-refractivity contribution in [1.82, 2.24) is 9.80 Å². The molecule has 0 spiro atoms. The molecule has 1 aliphatic carbocycles. The van der Waals surface area contributed by atoms with E-state index in [4.69, 9.17) is 9.47 Å². The van der Waals surface area contributed by atoms with Gasteiger partial charge in [0.25, 0.3) is 0 Å². The fraction of sp³-hybridized carbons (Fsp3) is 0.696. The number of aryl methyl sites for hydroxylation is 1. The number of piperazine rings is 1. The summed E-state index contributed by atoms with van der Waals surface area (Å²) in [6.45, 7) is 12.1. The Morgan fingerprint density at radius 2 is 1.61 bits per heavy atom. The first-order valence-electron chi connectivity index (χ1n) is 10.7. The molecule has 1 aromatic carbocycles. The van der Waals surface area contributed by atoms with Crippen molar-refractivity contribution in [2.45, 2.75) is 65.0 Å². The zero-order chi connectivity index (χ0) is 20.1. The Kier molecular flexibility index (Phi) is 6.86. The standard InChI is InChI=1S/C23H36N2O3/c1-18-5-11-21(12-6-18)27-17-19-7-9-20(10-8-19)24-13-15-25(16-14-24)22(26)28-23(2,3)4/h5-6,11-12,19-20H,7-10,13-17H2,1-4H3/t19-,20-. The first-order chi connectivity index (χ1) is 13.3. The number of benzene rings is 1. The molecule has 0 unspecified atom stereocenters. The van der Waals surface area contributed by atoms with Gasteiger partial charge in [-0.2, -0.15) is 0 Å². The summed E-state index contributed by atoms with van der Waals surface area (Å²) in [5, 5.41) is 0. The highest BCUT2D eigenvalue weighted by Gasteiger charge is 2.31. The second-order valence-electron chi connectivity index (χ2n) is 9.30. The number of carbonyl (C=O) groups excluding carboxylic acids is 1. The maximum atomic E-state index is 12.2. The van der Waals surface area contributed by atoms with Gasteiger partial charge in [0, 0.05) is 32.2 Å². The van der Waals surface area contributed by atoms with Gasteiger partial charge in [-0.1, -0.05) is 17.7 Å². The molecular weight excluding hydrogens is 352 g/mol. The Bertz CT molecular complexity index is 622. The Labute approximate surface area is 170 Å². The van der Waals surface area contributed by atoms with Crippen LogP contribution in [0.4, 0.5) is 4.79 Å². The lowest BCUT2D eigenvalue weighted by atomic mass is 9.85. The fourth-order valence-corrected chi connectivity index (χ4v) is 4.12. The zero-order valence-corrected chi connectivity index (χ0v) is 17.9. The smallest absolute Gasteiger partial charge is 0.410 e. The molecule has 0 aromatic heterocycles. The second kappa shape index (κ2) is 9.17. The average molecular weight is 389 g/mol. The van der Waals surface area contributed by atoms with Crippen LogP contribution in [0.2, 0.25) is 0 Å². The van der Waals surface area contributed by atoms with Crippen LogP contribution in [0.15, 0.2) is 24.3 Å². The van der Waals surface area contributed by atoms with E-state index in [2.05, 4.69) is 36.1 Å². The molecule has 0 atom stereocenters. The van der Waals surface area contributed by atoms with Crippen LogP contribution in [0.25, 0.3) is 0 Å². The van der Waals surface area contributed by atoms with Crippen LogP contribution in [-0.2, 0) is 4.74 Å².